The number of aliphatic carboxylic acids is 1. The van der Waals surface area contributed by atoms with Crippen molar-refractivity contribution in [3.05, 3.63) is 0 Å². The lowest BCUT2D eigenvalue weighted by Gasteiger charge is -2.56. The quantitative estimate of drug-likeness (QED) is 0.624. The zero-order valence-electron chi connectivity index (χ0n) is 11.5. The van der Waals surface area contributed by atoms with Crippen molar-refractivity contribution in [1.82, 2.24) is 4.90 Å². The SMILES string of the molecule is CC(C)C1(N)C(=O)N2[C@@H]1SC(C)(C)[C@]2(CO)C(=O)O. The number of rotatable bonds is 3. The molecule has 1 amide bonds. The Kier molecular flexibility index (Phi) is 2.97. The van der Waals surface area contributed by atoms with Crippen molar-refractivity contribution in [2.75, 3.05) is 6.61 Å². The van der Waals surface area contributed by atoms with Gasteiger partial charge in [0.15, 0.2) is 5.54 Å². The van der Waals surface area contributed by atoms with Gasteiger partial charge in [-0.1, -0.05) is 13.8 Å². The third kappa shape index (κ3) is 1.35. The summed E-state index contributed by atoms with van der Waals surface area (Å²) in [6.45, 7) is 6.55. The van der Waals surface area contributed by atoms with Gasteiger partial charge in [-0.25, -0.2) is 4.79 Å². The molecule has 2 fully saturated rings. The van der Waals surface area contributed by atoms with Crippen LogP contribution in [0.25, 0.3) is 0 Å². The summed E-state index contributed by atoms with van der Waals surface area (Å²) in [5.41, 5.74) is 3.54. The van der Waals surface area contributed by atoms with Gasteiger partial charge >= 0.3 is 5.97 Å². The number of carbonyl (C=O) groups excluding carboxylic acids is 1. The van der Waals surface area contributed by atoms with E-state index in [2.05, 4.69) is 0 Å². The minimum absolute atomic E-state index is 0.0900. The number of nitrogens with two attached hydrogens (primary N) is 1. The number of hydrogen-bond acceptors (Lipinski definition) is 5. The Bertz CT molecular complexity index is 453. The summed E-state index contributed by atoms with van der Waals surface area (Å²) in [6.07, 6.45) is 0. The molecule has 0 bridgehead atoms. The van der Waals surface area contributed by atoms with Crippen molar-refractivity contribution in [2.45, 2.75) is 48.9 Å². The molecule has 0 aromatic carbocycles. The van der Waals surface area contributed by atoms with Crippen LogP contribution >= 0.6 is 11.8 Å². The van der Waals surface area contributed by atoms with E-state index in [1.165, 1.54) is 16.7 Å². The molecule has 7 heteroatoms. The number of thioether (sulfide) groups is 1. The molecule has 3 atom stereocenters. The van der Waals surface area contributed by atoms with Crippen LogP contribution < -0.4 is 5.73 Å². The predicted molar refractivity (Wildman–Crippen MR) is 71.5 cm³/mol. The molecule has 2 saturated heterocycles. The van der Waals surface area contributed by atoms with Crippen molar-refractivity contribution in [1.29, 1.82) is 0 Å². The number of fused-ring (bicyclic) bond motifs is 1. The van der Waals surface area contributed by atoms with E-state index >= 15 is 0 Å². The summed E-state index contributed by atoms with van der Waals surface area (Å²) < 4.78 is -0.802. The van der Waals surface area contributed by atoms with Crippen LogP contribution in [0, 0.1) is 5.92 Å². The number of nitrogens with zero attached hydrogens (tertiary/aromatic N) is 1. The Morgan fingerprint density at radius 1 is 1.53 bits per heavy atom. The summed E-state index contributed by atoms with van der Waals surface area (Å²) in [6, 6.07) is 0. The molecule has 108 valence electrons. The monoisotopic (exact) mass is 288 g/mol. The molecule has 0 spiro atoms. The number of hydrogen-bond donors (Lipinski definition) is 3. The number of aliphatic hydroxyl groups excluding tert-OH is 1. The van der Waals surface area contributed by atoms with Crippen LogP contribution in [0.1, 0.15) is 27.7 Å². The van der Waals surface area contributed by atoms with Gasteiger partial charge in [-0.05, 0) is 19.8 Å². The van der Waals surface area contributed by atoms with Crippen LogP contribution in [-0.4, -0.2) is 54.8 Å². The summed E-state index contributed by atoms with van der Waals surface area (Å²) in [7, 11) is 0. The average molecular weight is 288 g/mol. The lowest BCUT2D eigenvalue weighted by atomic mass is 9.73. The Morgan fingerprint density at radius 2 is 2.05 bits per heavy atom. The Morgan fingerprint density at radius 3 is 2.42 bits per heavy atom. The normalized spacial score (nSPS) is 40.3. The maximum Gasteiger partial charge on any atom is 0.333 e. The molecule has 0 saturated carbocycles. The molecule has 1 unspecified atom stereocenters. The highest BCUT2D eigenvalue weighted by molar-refractivity contribution is 8.01. The van der Waals surface area contributed by atoms with Crippen molar-refractivity contribution in [3.8, 4) is 0 Å². The molecule has 19 heavy (non-hydrogen) atoms. The minimum Gasteiger partial charge on any atom is -0.479 e. The summed E-state index contributed by atoms with van der Waals surface area (Å²) in [5, 5.41) is 18.8. The van der Waals surface area contributed by atoms with Crippen molar-refractivity contribution in [2.24, 2.45) is 11.7 Å². The van der Waals surface area contributed by atoms with Crippen LogP contribution in [0.15, 0.2) is 0 Å². The van der Waals surface area contributed by atoms with Crippen LogP contribution in [0.5, 0.6) is 0 Å². The second-order valence-electron chi connectivity index (χ2n) is 6.07. The second kappa shape index (κ2) is 3.86. The molecular weight excluding hydrogens is 268 g/mol. The van der Waals surface area contributed by atoms with Crippen molar-refractivity contribution < 1.29 is 19.8 Å². The van der Waals surface area contributed by atoms with Gasteiger partial charge in [0.1, 0.15) is 10.9 Å². The molecule has 0 radical (unpaired) electrons. The highest BCUT2D eigenvalue weighted by Crippen LogP contribution is 2.60. The van der Waals surface area contributed by atoms with E-state index < -0.39 is 33.8 Å². The number of amides is 1. The van der Waals surface area contributed by atoms with Crippen LogP contribution in [0.2, 0.25) is 0 Å². The molecule has 0 aromatic rings. The first-order valence-electron chi connectivity index (χ1n) is 6.22. The van der Waals surface area contributed by atoms with Gasteiger partial charge in [-0.2, -0.15) is 0 Å². The molecule has 2 heterocycles. The summed E-state index contributed by atoms with van der Waals surface area (Å²) in [4.78, 5) is 25.3. The van der Waals surface area contributed by atoms with Crippen LogP contribution in [-0.2, 0) is 9.59 Å². The predicted octanol–water partition coefficient (Wildman–Crippen LogP) is -0.151. The fraction of sp³-hybridized carbons (Fsp3) is 0.833. The summed E-state index contributed by atoms with van der Waals surface area (Å²) in [5.74, 6) is -1.66. The van der Waals surface area contributed by atoms with Gasteiger partial charge in [0.2, 0.25) is 5.91 Å². The maximum atomic E-state index is 12.4. The first-order valence-corrected chi connectivity index (χ1v) is 7.10. The van der Waals surface area contributed by atoms with E-state index in [1.54, 1.807) is 13.8 Å². The fourth-order valence-corrected chi connectivity index (χ4v) is 4.94. The topological polar surface area (TPSA) is 104 Å². The van der Waals surface area contributed by atoms with E-state index in [4.69, 9.17) is 5.73 Å². The Hall–Kier alpha value is -0.790. The van der Waals surface area contributed by atoms with Crippen molar-refractivity contribution in [3.63, 3.8) is 0 Å². The molecule has 4 N–H and O–H groups in total. The second-order valence-corrected chi connectivity index (χ2v) is 7.77. The average Bonchev–Trinajstić information content (AvgIpc) is 2.54. The first kappa shape index (κ1) is 14.6. The first-order chi connectivity index (χ1) is 8.57. The fourth-order valence-electron chi connectivity index (χ4n) is 2.99. The van der Waals surface area contributed by atoms with Gasteiger partial charge < -0.3 is 20.8 Å². The van der Waals surface area contributed by atoms with E-state index in [-0.39, 0.29) is 11.8 Å². The summed E-state index contributed by atoms with van der Waals surface area (Å²) >= 11 is 1.36. The van der Waals surface area contributed by atoms with Crippen LogP contribution in [0.3, 0.4) is 0 Å². The molecule has 6 nitrogen and oxygen atoms in total. The van der Waals surface area contributed by atoms with Gasteiger partial charge in [-0.15, -0.1) is 11.8 Å². The zero-order chi connectivity index (χ0) is 14.8. The lowest BCUT2D eigenvalue weighted by Crippen LogP contribution is -2.83. The largest absolute Gasteiger partial charge is 0.479 e. The van der Waals surface area contributed by atoms with E-state index in [9.17, 15) is 19.8 Å². The highest BCUT2D eigenvalue weighted by Gasteiger charge is 2.77. The number of aliphatic hydroxyl groups is 1. The Labute approximate surface area is 116 Å². The third-order valence-electron chi connectivity index (χ3n) is 4.58. The molecule has 2 aliphatic heterocycles. The molecular formula is C12H20N2O4S. The maximum absolute atomic E-state index is 12.4. The van der Waals surface area contributed by atoms with Gasteiger partial charge in [0.25, 0.3) is 0 Å². The molecule has 2 aliphatic rings. The highest BCUT2D eigenvalue weighted by atomic mass is 32.2. The van der Waals surface area contributed by atoms with Gasteiger partial charge in [0.05, 0.1) is 6.61 Å². The van der Waals surface area contributed by atoms with Crippen molar-refractivity contribution >= 4 is 23.6 Å². The smallest absolute Gasteiger partial charge is 0.333 e. The molecule has 2 rings (SSSR count). The van der Waals surface area contributed by atoms with E-state index in [0.717, 1.165) is 0 Å². The number of β-lactam (4-membered cyclic amide) rings is 1. The molecule has 0 aromatic heterocycles. The Balaban J connectivity index is 2.53. The standard InChI is InChI=1S/C12H20N2O4S/c1-6(2)12(13)7(16)14-8(12)19-10(3,4)11(14,5-15)9(17)18/h6,8,15H,5,13H2,1-4H3,(H,17,18)/t8-,11+,12?/m1/s1. The number of carboxylic acids is 1. The zero-order valence-corrected chi connectivity index (χ0v) is 12.3. The minimum atomic E-state index is -1.60. The van der Waals surface area contributed by atoms with Gasteiger partial charge in [0, 0.05) is 4.75 Å². The van der Waals surface area contributed by atoms with Gasteiger partial charge in [-0.3, -0.25) is 4.79 Å². The van der Waals surface area contributed by atoms with Crippen LogP contribution in [0.4, 0.5) is 0 Å². The lowest BCUT2D eigenvalue weighted by molar-refractivity contribution is -0.182. The molecule has 0 aliphatic carbocycles. The number of carbonyl (C=O) groups is 2. The number of carboxylic acid groups (broad SMARTS) is 1. The van der Waals surface area contributed by atoms with E-state index in [1.807, 2.05) is 13.8 Å². The third-order valence-corrected chi connectivity index (χ3v) is 6.33. The van der Waals surface area contributed by atoms with E-state index in [0.29, 0.717) is 0 Å².